The van der Waals surface area contributed by atoms with Gasteiger partial charge >= 0.3 is 5.97 Å². The van der Waals surface area contributed by atoms with Crippen molar-refractivity contribution in [3.05, 3.63) is 24.3 Å². The first kappa shape index (κ1) is 72.2. The molecule has 1 fully saturated rings. The Morgan fingerprint density at radius 3 is 1.26 bits per heavy atom. The molecule has 1 rings (SSSR count). The van der Waals surface area contributed by atoms with Gasteiger partial charge in [0, 0.05) is 12.8 Å². The number of allylic oxidation sites excluding steroid dienone is 3. The molecule has 7 unspecified atom stereocenters. The van der Waals surface area contributed by atoms with Crippen LogP contribution in [-0.4, -0.2) is 100 Å². The summed E-state index contributed by atoms with van der Waals surface area (Å²) in [5, 5.41) is 54.4. The van der Waals surface area contributed by atoms with Crippen molar-refractivity contribution in [1.29, 1.82) is 0 Å². The van der Waals surface area contributed by atoms with Crippen molar-refractivity contribution in [1.82, 2.24) is 5.32 Å². The number of carbonyl (C=O) groups is 2. The summed E-state index contributed by atoms with van der Waals surface area (Å²) in [5.41, 5.74) is 0. The van der Waals surface area contributed by atoms with Crippen LogP contribution in [0.15, 0.2) is 24.3 Å². The molecule has 7 atom stereocenters. The van der Waals surface area contributed by atoms with Crippen molar-refractivity contribution in [2.24, 2.45) is 0 Å². The zero-order valence-corrected chi connectivity index (χ0v) is 49.5. The summed E-state index contributed by atoms with van der Waals surface area (Å²) < 4.78 is 16.7. The molecule has 11 heteroatoms. The minimum absolute atomic E-state index is 0.00140. The maximum absolute atomic E-state index is 13.0. The largest absolute Gasteiger partial charge is 0.466 e. The molecule has 76 heavy (non-hydrogen) atoms. The number of hydrogen-bond donors (Lipinski definition) is 6. The van der Waals surface area contributed by atoms with E-state index in [4.69, 9.17) is 14.2 Å². The van der Waals surface area contributed by atoms with Crippen LogP contribution in [0.4, 0.5) is 0 Å². The summed E-state index contributed by atoms with van der Waals surface area (Å²) >= 11 is 0. The molecule has 1 heterocycles. The fourth-order valence-electron chi connectivity index (χ4n) is 10.4. The third-order valence-corrected chi connectivity index (χ3v) is 15.6. The minimum atomic E-state index is -1.57. The Morgan fingerprint density at radius 2 is 0.842 bits per heavy atom. The van der Waals surface area contributed by atoms with Crippen molar-refractivity contribution in [3.8, 4) is 0 Å². The standard InChI is InChI=1S/C65H123NO10/c1-3-5-7-9-11-13-15-28-32-35-39-43-47-51-58(68)57(56-75-65-64(73)63(72)62(71)59(55-67)76-65)66-60(69)52-48-44-40-36-33-29-26-24-22-20-18-16-17-19-21-23-25-27-30-34-38-42-46-50-54-74-61(70)53-49-45-41-37-31-14-12-10-8-6-4-2/h18,20,47,51,57-59,62-65,67-68,71-73H,3-17,19,21-46,48-50,52-56H2,1-2H3,(H,66,69)/b20-18-,51-47+. The SMILES string of the molecule is CCCCCCCCCCCCC/C=C/C(O)C(COC1OC(CO)C(O)C(O)C1O)NC(=O)CCCCCCCCCC/C=C\CCCCCCCCCCCCCCOC(=O)CCCCCCCCCCCCC. The molecule has 1 amide bonds. The van der Waals surface area contributed by atoms with Crippen molar-refractivity contribution in [2.75, 3.05) is 19.8 Å². The van der Waals surface area contributed by atoms with E-state index in [1.165, 1.54) is 225 Å². The number of aliphatic hydroxyl groups is 5. The Morgan fingerprint density at radius 1 is 0.474 bits per heavy atom. The predicted octanol–water partition coefficient (Wildman–Crippen LogP) is 15.7. The fourth-order valence-corrected chi connectivity index (χ4v) is 10.4. The Labute approximate surface area is 467 Å². The third kappa shape index (κ3) is 44.0. The Bertz CT molecular complexity index is 1310. The summed E-state index contributed by atoms with van der Waals surface area (Å²) in [7, 11) is 0. The summed E-state index contributed by atoms with van der Waals surface area (Å²) in [4.78, 5) is 25.1. The van der Waals surface area contributed by atoms with E-state index in [9.17, 15) is 35.1 Å². The van der Waals surface area contributed by atoms with Crippen molar-refractivity contribution < 1.29 is 49.3 Å². The quantitative estimate of drug-likeness (QED) is 0.0195. The molecule has 0 aromatic rings. The van der Waals surface area contributed by atoms with Gasteiger partial charge in [-0.25, -0.2) is 0 Å². The number of ether oxygens (including phenoxy) is 3. The molecule has 0 radical (unpaired) electrons. The zero-order chi connectivity index (χ0) is 55.2. The average Bonchev–Trinajstić information content (AvgIpc) is 3.42. The van der Waals surface area contributed by atoms with Crippen molar-refractivity contribution in [2.45, 2.75) is 358 Å². The molecule has 0 bridgehead atoms. The molecule has 0 spiro atoms. The molecular weight excluding hydrogens is 955 g/mol. The van der Waals surface area contributed by atoms with E-state index in [-0.39, 0.29) is 18.5 Å². The van der Waals surface area contributed by atoms with Gasteiger partial charge in [0.2, 0.25) is 5.91 Å². The number of nitrogens with one attached hydrogen (secondary N) is 1. The van der Waals surface area contributed by atoms with E-state index < -0.39 is 49.5 Å². The van der Waals surface area contributed by atoms with E-state index in [2.05, 4.69) is 31.3 Å². The lowest BCUT2D eigenvalue weighted by Crippen LogP contribution is -2.60. The van der Waals surface area contributed by atoms with Crippen LogP contribution in [0.5, 0.6) is 0 Å². The van der Waals surface area contributed by atoms with Gasteiger partial charge in [0.1, 0.15) is 24.4 Å². The van der Waals surface area contributed by atoms with Crippen LogP contribution in [0.1, 0.15) is 316 Å². The molecule has 0 aromatic carbocycles. The first-order valence-corrected chi connectivity index (χ1v) is 32.6. The van der Waals surface area contributed by atoms with Gasteiger partial charge in [-0.3, -0.25) is 9.59 Å². The molecule has 0 aromatic heterocycles. The lowest BCUT2D eigenvalue weighted by atomic mass is 9.99. The minimum Gasteiger partial charge on any atom is -0.466 e. The predicted molar refractivity (Wildman–Crippen MR) is 315 cm³/mol. The summed E-state index contributed by atoms with van der Waals surface area (Å²) in [5.74, 6) is -0.183. The lowest BCUT2D eigenvalue weighted by molar-refractivity contribution is -0.302. The fraction of sp³-hybridized carbons (Fsp3) is 0.908. The summed E-state index contributed by atoms with van der Waals surface area (Å²) in [6.45, 7) is 4.36. The molecule has 6 N–H and O–H groups in total. The van der Waals surface area contributed by atoms with Gasteiger partial charge in [0.05, 0.1) is 32.0 Å². The molecule has 0 saturated carbocycles. The molecular formula is C65H123NO10. The lowest BCUT2D eigenvalue weighted by Gasteiger charge is -2.40. The monoisotopic (exact) mass is 1080 g/mol. The highest BCUT2D eigenvalue weighted by Crippen LogP contribution is 2.23. The molecule has 0 aliphatic carbocycles. The van der Waals surface area contributed by atoms with Gasteiger partial charge in [0.15, 0.2) is 6.29 Å². The van der Waals surface area contributed by atoms with Crippen LogP contribution in [-0.2, 0) is 23.8 Å². The first-order valence-electron chi connectivity index (χ1n) is 32.6. The van der Waals surface area contributed by atoms with Crippen molar-refractivity contribution >= 4 is 11.9 Å². The van der Waals surface area contributed by atoms with Gasteiger partial charge in [0.25, 0.3) is 0 Å². The van der Waals surface area contributed by atoms with Gasteiger partial charge < -0.3 is 45.1 Å². The van der Waals surface area contributed by atoms with Crippen LogP contribution in [0.3, 0.4) is 0 Å². The van der Waals surface area contributed by atoms with Crippen LogP contribution in [0, 0.1) is 0 Å². The summed E-state index contributed by atoms with van der Waals surface area (Å²) in [6.07, 6.45) is 57.1. The molecule has 11 nitrogen and oxygen atoms in total. The first-order chi connectivity index (χ1) is 37.2. The summed E-state index contributed by atoms with van der Waals surface area (Å²) in [6, 6.07) is -0.813. The molecule has 1 aliphatic heterocycles. The number of carbonyl (C=O) groups excluding carboxylic acids is 2. The van der Waals surface area contributed by atoms with E-state index in [0.717, 1.165) is 64.2 Å². The van der Waals surface area contributed by atoms with E-state index >= 15 is 0 Å². The Kier molecular flexibility index (Phi) is 52.3. The van der Waals surface area contributed by atoms with E-state index in [0.29, 0.717) is 19.4 Å². The Hall–Kier alpha value is -1.86. The third-order valence-electron chi connectivity index (χ3n) is 15.6. The number of hydrogen-bond acceptors (Lipinski definition) is 10. The number of amides is 1. The number of aliphatic hydroxyl groups excluding tert-OH is 5. The average molecular weight is 1080 g/mol. The zero-order valence-electron chi connectivity index (χ0n) is 49.5. The molecule has 1 aliphatic rings. The van der Waals surface area contributed by atoms with Crippen LogP contribution >= 0.6 is 0 Å². The maximum Gasteiger partial charge on any atom is 0.305 e. The highest BCUT2D eigenvalue weighted by molar-refractivity contribution is 5.76. The second-order valence-electron chi connectivity index (χ2n) is 22.8. The second kappa shape index (κ2) is 55.1. The van der Waals surface area contributed by atoms with Gasteiger partial charge in [-0.15, -0.1) is 0 Å². The van der Waals surface area contributed by atoms with Crippen LogP contribution in [0.25, 0.3) is 0 Å². The molecule has 448 valence electrons. The van der Waals surface area contributed by atoms with Gasteiger partial charge in [-0.1, -0.05) is 269 Å². The van der Waals surface area contributed by atoms with Crippen LogP contribution < -0.4 is 5.32 Å². The van der Waals surface area contributed by atoms with E-state index in [1.807, 2.05) is 6.08 Å². The number of unbranched alkanes of at least 4 members (excludes halogenated alkanes) is 41. The normalized spacial score (nSPS) is 18.8. The van der Waals surface area contributed by atoms with Gasteiger partial charge in [-0.05, 0) is 57.8 Å². The van der Waals surface area contributed by atoms with E-state index in [1.54, 1.807) is 6.08 Å². The van der Waals surface area contributed by atoms with Gasteiger partial charge in [-0.2, -0.15) is 0 Å². The highest BCUT2D eigenvalue weighted by Gasteiger charge is 2.44. The second-order valence-corrected chi connectivity index (χ2v) is 22.8. The van der Waals surface area contributed by atoms with Crippen molar-refractivity contribution in [3.63, 3.8) is 0 Å². The molecule has 1 saturated heterocycles. The highest BCUT2D eigenvalue weighted by atomic mass is 16.7. The van der Waals surface area contributed by atoms with Crippen LogP contribution in [0.2, 0.25) is 0 Å². The smallest absolute Gasteiger partial charge is 0.305 e. The number of esters is 1. The Balaban J connectivity index is 2.04. The topological polar surface area (TPSA) is 175 Å². The maximum atomic E-state index is 13.0. The number of rotatable bonds is 57.